The molecule has 206 valence electrons. The van der Waals surface area contributed by atoms with Crippen molar-refractivity contribution in [3.8, 4) is 0 Å². The Kier molecular flexibility index (Phi) is 8.17. The third-order valence-electron chi connectivity index (χ3n) is 4.61. The average Bonchev–Trinajstić information content (AvgIpc) is 2.79. The number of aromatic nitrogens is 3. The summed E-state index contributed by atoms with van der Waals surface area (Å²) in [5.74, 6) is -38.5. The van der Waals surface area contributed by atoms with Gasteiger partial charge in [0.1, 0.15) is 5.69 Å². The number of anilines is 1. The molecule has 1 unspecified atom stereocenters. The van der Waals surface area contributed by atoms with E-state index in [2.05, 4.69) is 15.0 Å². The van der Waals surface area contributed by atoms with Gasteiger partial charge in [0.15, 0.2) is 6.17 Å². The summed E-state index contributed by atoms with van der Waals surface area (Å²) < 4.78 is 164. The molecule has 0 fully saturated rings. The molecule has 37 heavy (non-hydrogen) atoms. The van der Waals surface area contributed by atoms with Gasteiger partial charge in [0, 0.05) is 6.20 Å². The van der Waals surface area contributed by atoms with Crippen molar-refractivity contribution in [1.82, 2.24) is 20.3 Å². The van der Waals surface area contributed by atoms with Gasteiger partial charge >= 0.3 is 36.0 Å². The Morgan fingerprint density at radius 1 is 0.811 bits per heavy atom. The van der Waals surface area contributed by atoms with Gasteiger partial charge in [-0.15, -0.1) is 0 Å². The number of carbonyl (C=O) groups is 1. The Bertz CT molecular complexity index is 1100. The van der Waals surface area contributed by atoms with Crippen molar-refractivity contribution in [2.75, 3.05) is 5.32 Å². The molecule has 0 radical (unpaired) electrons. The normalized spacial score (nSPS) is 14.5. The molecule has 6 nitrogen and oxygen atoms in total. The molecule has 0 bridgehead atoms. The molecule has 1 atom stereocenters. The van der Waals surface area contributed by atoms with Crippen LogP contribution in [0.5, 0.6) is 0 Å². The summed E-state index contributed by atoms with van der Waals surface area (Å²) in [5, 5.41) is 1.93. The van der Waals surface area contributed by atoms with Crippen LogP contribution in [-0.2, 0) is 0 Å². The number of rotatable bonds is 10. The number of nitrogens with zero attached hydrogens (tertiary/aromatic N) is 3. The topological polar surface area (TPSA) is 79.8 Å². The van der Waals surface area contributed by atoms with Crippen LogP contribution in [-0.4, -0.2) is 63.1 Å². The largest absolute Gasteiger partial charge is 0.384 e. The van der Waals surface area contributed by atoms with Crippen molar-refractivity contribution >= 4 is 23.2 Å². The second-order valence-corrected chi connectivity index (χ2v) is 7.62. The first-order valence-electron chi connectivity index (χ1n) is 9.35. The number of carbonyl (C=O) groups excluding carboxylic acids is 1. The lowest BCUT2D eigenvalue weighted by molar-refractivity contribution is -0.414. The van der Waals surface area contributed by atoms with Crippen LogP contribution in [0.25, 0.3) is 0 Å². The van der Waals surface area contributed by atoms with E-state index in [-0.39, 0.29) is 0 Å². The molecule has 0 saturated carbocycles. The van der Waals surface area contributed by atoms with Crippen LogP contribution < -0.4 is 10.6 Å². The molecule has 0 spiro atoms. The molecule has 1 amide bonds. The van der Waals surface area contributed by atoms with E-state index in [4.69, 9.17) is 11.6 Å². The standard InChI is InChI=1S/C18H12ClF12N5O/c1-7-2-3-9(32-4-7)10(37)36-12(35-8-5-33-13(19)34-6-8)15(24,25)17(28,29)18(30,31)16(26,27)14(22,23)11(20)21/h2-6,11-12,35H,1H3,(H,36,37). The Balaban J connectivity index is 2.58. The highest BCUT2D eigenvalue weighted by Crippen LogP contribution is 2.58. The number of pyridine rings is 1. The van der Waals surface area contributed by atoms with E-state index in [1.165, 1.54) is 18.3 Å². The Hall–Kier alpha value is -3.05. The van der Waals surface area contributed by atoms with Crippen LogP contribution in [0, 0.1) is 6.92 Å². The van der Waals surface area contributed by atoms with Crippen molar-refractivity contribution in [2.45, 2.75) is 49.1 Å². The Labute approximate surface area is 203 Å². The van der Waals surface area contributed by atoms with Crippen LogP contribution in [0.4, 0.5) is 58.4 Å². The molecule has 0 saturated heterocycles. The SMILES string of the molecule is Cc1ccc(C(=O)NC(Nc2cnc(Cl)nc2)C(F)(F)C(F)(F)C(F)(F)C(F)(F)C(F)(F)C(F)F)nc1. The van der Waals surface area contributed by atoms with E-state index < -0.39 is 64.8 Å². The summed E-state index contributed by atoms with van der Waals surface area (Å²) in [6, 6.07) is 2.06. The first-order chi connectivity index (χ1) is 16.7. The zero-order valence-corrected chi connectivity index (χ0v) is 18.5. The second-order valence-electron chi connectivity index (χ2n) is 7.28. The molecule has 2 aromatic heterocycles. The summed E-state index contributed by atoms with van der Waals surface area (Å²) in [7, 11) is 0. The minimum absolute atomic E-state index is 0.420. The average molecular weight is 578 g/mol. The fourth-order valence-corrected chi connectivity index (χ4v) is 2.61. The monoisotopic (exact) mass is 577 g/mol. The first kappa shape index (κ1) is 30.2. The molecular weight excluding hydrogens is 566 g/mol. The van der Waals surface area contributed by atoms with E-state index in [0.29, 0.717) is 18.0 Å². The lowest BCUT2D eigenvalue weighted by Gasteiger charge is -2.41. The van der Waals surface area contributed by atoms with Gasteiger partial charge in [-0.1, -0.05) is 6.07 Å². The van der Waals surface area contributed by atoms with Gasteiger partial charge in [-0.25, -0.2) is 18.7 Å². The fourth-order valence-electron chi connectivity index (χ4n) is 2.51. The van der Waals surface area contributed by atoms with Crippen LogP contribution in [0.2, 0.25) is 5.28 Å². The summed E-state index contributed by atoms with van der Waals surface area (Å²) >= 11 is 5.36. The minimum atomic E-state index is -7.80. The third kappa shape index (κ3) is 5.33. The van der Waals surface area contributed by atoms with E-state index >= 15 is 0 Å². The van der Waals surface area contributed by atoms with Crippen molar-refractivity contribution < 1.29 is 57.5 Å². The number of hydrogen-bond acceptors (Lipinski definition) is 5. The predicted octanol–water partition coefficient (Wildman–Crippen LogP) is 5.44. The third-order valence-corrected chi connectivity index (χ3v) is 4.81. The number of alkyl halides is 12. The molecule has 0 aliphatic rings. The number of aryl methyl sites for hydroxylation is 1. The van der Waals surface area contributed by atoms with Crippen molar-refractivity contribution in [3.05, 3.63) is 47.3 Å². The van der Waals surface area contributed by atoms with E-state index in [9.17, 15) is 57.5 Å². The van der Waals surface area contributed by atoms with Crippen LogP contribution in [0.15, 0.2) is 30.7 Å². The van der Waals surface area contributed by atoms with E-state index in [1.807, 2.05) is 0 Å². The number of nitrogens with one attached hydrogen (secondary N) is 2. The summed E-state index contributed by atoms with van der Waals surface area (Å²) in [6.07, 6.45) is -7.43. The summed E-state index contributed by atoms with van der Waals surface area (Å²) in [6.45, 7) is 1.46. The van der Waals surface area contributed by atoms with Gasteiger partial charge in [0.2, 0.25) is 5.28 Å². The minimum Gasteiger partial charge on any atom is -0.358 e. The Morgan fingerprint density at radius 2 is 1.32 bits per heavy atom. The van der Waals surface area contributed by atoms with Gasteiger partial charge in [0.05, 0.1) is 18.1 Å². The molecule has 2 heterocycles. The lowest BCUT2D eigenvalue weighted by Crippen LogP contribution is -2.72. The van der Waals surface area contributed by atoms with Gasteiger partial charge in [-0.3, -0.25) is 9.78 Å². The lowest BCUT2D eigenvalue weighted by atomic mass is 9.93. The molecule has 0 aliphatic heterocycles. The molecular formula is C18H12ClF12N5O. The molecule has 2 N–H and O–H groups in total. The zero-order chi connectivity index (χ0) is 28.6. The number of amides is 1. The second kappa shape index (κ2) is 10.0. The van der Waals surface area contributed by atoms with Crippen molar-refractivity contribution in [2.24, 2.45) is 0 Å². The highest BCUT2D eigenvalue weighted by molar-refractivity contribution is 6.28. The molecule has 2 aromatic rings. The maximum atomic E-state index is 14.8. The number of hydrogen-bond donors (Lipinski definition) is 2. The van der Waals surface area contributed by atoms with Crippen molar-refractivity contribution in [3.63, 3.8) is 0 Å². The maximum Gasteiger partial charge on any atom is 0.384 e. The van der Waals surface area contributed by atoms with Crippen LogP contribution in [0.3, 0.4) is 0 Å². The summed E-state index contributed by atoms with van der Waals surface area (Å²) in [4.78, 5) is 22.2. The number of halogens is 13. The molecule has 0 aromatic carbocycles. The molecule has 2 rings (SSSR count). The van der Waals surface area contributed by atoms with Gasteiger partial charge in [0.25, 0.3) is 5.91 Å². The maximum absolute atomic E-state index is 14.8. The quantitative estimate of drug-likeness (QED) is 0.223. The van der Waals surface area contributed by atoms with Gasteiger partial charge < -0.3 is 10.6 Å². The van der Waals surface area contributed by atoms with Crippen LogP contribution in [0.1, 0.15) is 16.1 Å². The highest BCUT2D eigenvalue weighted by Gasteiger charge is 2.88. The smallest absolute Gasteiger partial charge is 0.358 e. The van der Waals surface area contributed by atoms with Crippen LogP contribution >= 0.6 is 11.6 Å². The van der Waals surface area contributed by atoms with Gasteiger partial charge in [-0.05, 0) is 30.2 Å². The zero-order valence-electron chi connectivity index (χ0n) is 17.7. The predicted molar refractivity (Wildman–Crippen MR) is 102 cm³/mol. The highest BCUT2D eigenvalue weighted by atomic mass is 35.5. The first-order valence-corrected chi connectivity index (χ1v) is 9.72. The van der Waals surface area contributed by atoms with E-state index in [0.717, 1.165) is 17.6 Å². The van der Waals surface area contributed by atoms with Crippen molar-refractivity contribution in [1.29, 1.82) is 0 Å². The van der Waals surface area contributed by atoms with E-state index in [1.54, 1.807) is 0 Å². The summed E-state index contributed by atoms with van der Waals surface area (Å²) in [5.41, 5.74) is -1.18. The van der Waals surface area contributed by atoms with Gasteiger partial charge in [-0.2, -0.15) is 43.9 Å². The molecule has 19 heteroatoms. The fraction of sp³-hybridized carbons (Fsp3) is 0.444. The molecule has 0 aliphatic carbocycles. The Morgan fingerprint density at radius 3 is 1.78 bits per heavy atom.